The molecule has 200 valence electrons. The molecule has 1 atom stereocenters. The van der Waals surface area contributed by atoms with E-state index in [0.29, 0.717) is 26.4 Å². The first-order chi connectivity index (χ1) is 18.7. The summed E-state index contributed by atoms with van der Waals surface area (Å²) in [6.45, 7) is 7.45. The minimum Gasteiger partial charge on any atom is -0.459 e. The van der Waals surface area contributed by atoms with Gasteiger partial charge in [0.05, 0.1) is 27.9 Å². The Morgan fingerprint density at radius 2 is 1.74 bits per heavy atom. The zero-order valence-electron chi connectivity index (χ0n) is 22.3. The van der Waals surface area contributed by atoms with E-state index in [1.807, 2.05) is 42.7 Å². The van der Waals surface area contributed by atoms with E-state index in [1.165, 1.54) is 28.7 Å². The van der Waals surface area contributed by atoms with Crippen molar-refractivity contribution in [3.63, 3.8) is 0 Å². The number of benzene rings is 2. The summed E-state index contributed by atoms with van der Waals surface area (Å²) in [6, 6.07) is 19.2. The fraction of sp³-hybridized carbons (Fsp3) is 0.233. The van der Waals surface area contributed by atoms with Crippen LogP contribution in [0.2, 0.25) is 0 Å². The Morgan fingerprint density at radius 1 is 1.05 bits per heavy atom. The van der Waals surface area contributed by atoms with E-state index in [1.54, 1.807) is 43.2 Å². The highest BCUT2D eigenvalue weighted by molar-refractivity contribution is 7.99. The van der Waals surface area contributed by atoms with Crippen molar-refractivity contribution in [2.75, 3.05) is 6.26 Å². The number of aryl methyl sites for hydroxylation is 1. The summed E-state index contributed by atoms with van der Waals surface area (Å²) in [5.74, 6) is 0.106. The van der Waals surface area contributed by atoms with Gasteiger partial charge in [-0.1, -0.05) is 52.9 Å². The van der Waals surface area contributed by atoms with Gasteiger partial charge in [0.25, 0.3) is 5.56 Å². The predicted octanol–water partition coefficient (Wildman–Crippen LogP) is 5.96. The van der Waals surface area contributed by atoms with Crippen molar-refractivity contribution in [2.24, 2.45) is 4.99 Å². The molecule has 0 amide bonds. The number of esters is 1. The molecule has 0 fully saturated rings. The monoisotopic (exact) mass is 576 g/mol. The van der Waals surface area contributed by atoms with Crippen molar-refractivity contribution < 1.29 is 13.9 Å². The number of hydrogen-bond acceptors (Lipinski definition) is 8. The number of nitrogens with zero attached hydrogens (tertiary/aromatic N) is 2. The van der Waals surface area contributed by atoms with Gasteiger partial charge in [-0.3, -0.25) is 9.36 Å². The number of thiazole rings is 1. The minimum atomic E-state index is -0.644. The van der Waals surface area contributed by atoms with Gasteiger partial charge in [0.1, 0.15) is 5.76 Å². The van der Waals surface area contributed by atoms with E-state index in [0.717, 1.165) is 20.4 Å². The fourth-order valence-corrected chi connectivity index (χ4v) is 6.49. The molecule has 9 heteroatoms. The first-order valence-electron chi connectivity index (χ1n) is 12.5. The molecule has 1 aliphatic rings. The lowest BCUT2D eigenvalue weighted by Crippen LogP contribution is -2.40. The van der Waals surface area contributed by atoms with Gasteiger partial charge in [-0.15, -0.1) is 11.8 Å². The number of rotatable bonds is 7. The highest BCUT2D eigenvalue weighted by atomic mass is 32.2. The third kappa shape index (κ3) is 5.85. The summed E-state index contributed by atoms with van der Waals surface area (Å²) in [7, 11) is 0. The molecule has 0 bridgehead atoms. The van der Waals surface area contributed by atoms with Crippen LogP contribution in [0.25, 0.3) is 6.08 Å². The Morgan fingerprint density at radius 3 is 2.41 bits per heavy atom. The molecule has 0 saturated heterocycles. The maximum atomic E-state index is 13.8. The van der Waals surface area contributed by atoms with Gasteiger partial charge in [0.2, 0.25) is 0 Å². The highest BCUT2D eigenvalue weighted by Crippen LogP contribution is 2.32. The second-order valence-corrected chi connectivity index (χ2v) is 12.3. The molecule has 39 heavy (non-hydrogen) atoms. The van der Waals surface area contributed by atoms with Gasteiger partial charge < -0.3 is 9.15 Å². The van der Waals surface area contributed by atoms with Crippen LogP contribution in [0.3, 0.4) is 0 Å². The van der Waals surface area contributed by atoms with Crippen LogP contribution in [-0.4, -0.2) is 22.9 Å². The summed E-state index contributed by atoms with van der Waals surface area (Å²) in [5, 5.41) is 0.735. The van der Waals surface area contributed by atoms with Crippen LogP contribution in [0.5, 0.6) is 0 Å². The topological polar surface area (TPSA) is 73.8 Å². The number of fused-ring (bicyclic) bond motifs is 1. The van der Waals surface area contributed by atoms with Crippen LogP contribution in [0.4, 0.5) is 0 Å². The van der Waals surface area contributed by atoms with Crippen LogP contribution < -0.4 is 14.9 Å². The molecular formula is C30H28N2O4S3. The summed E-state index contributed by atoms with van der Waals surface area (Å²) >= 11 is 4.44. The Kier molecular flexibility index (Phi) is 8.02. The molecule has 4 aromatic rings. The van der Waals surface area contributed by atoms with Crippen molar-refractivity contribution >= 4 is 46.9 Å². The standard InChI is InChI=1S/C30H28N2O4S3/c1-17(2)35-29(34)26-19(4)31-30-32(27(26)20-8-13-22(37-5)14-9-20)28(33)24(39-30)16-21-10-15-25(36-21)38-23-11-6-18(3)7-12-23/h6-17,27H,1-5H3/b24-16-/t27-/m0/s1. The third-order valence-electron chi connectivity index (χ3n) is 6.13. The van der Waals surface area contributed by atoms with E-state index >= 15 is 0 Å². The number of aromatic nitrogens is 1. The average Bonchev–Trinajstić information content (AvgIpc) is 3.47. The lowest BCUT2D eigenvalue weighted by molar-refractivity contribution is -0.143. The third-order valence-corrected chi connectivity index (χ3v) is 8.79. The van der Waals surface area contributed by atoms with E-state index in [2.05, 4.69) is 36.2 Å². The highest BCUT2D eigenvalue weighted by Gasteiger charge is 2.33. The number of allylic oxidation sites excluding steroid dienone is 1. The zero-order chi connectivity index (χ0) is 27.7. The van der Waals surface area contributed by atoms with Gasteiger partial charge in [0, 0.05) is 15.9 Å². The zero-order valence-corrected chi connectivity index (χ0v) is 24.7. The van der Waals surface area contributed by atoms with Crippen molar-refractivity contribution in [3.8, 4) is 0 Å². The van der Waals surface area contributed by atoms with Crippen molar-refractivity contribution in [3.05, 3.63) is 109 Å². The fourth-order valence-electron chi connectivity index (χ4n) is 4.28. The van der Waals surface area contributed by atoms with Crippen LogP contribution in [0, 0.1) is 6.92 Å². The number of carbonyl (C=O) groups is 1. The van der Waals surface area contributed by atoms with E-state index < -0.39 is 12.0 Å². The molecule has 0 N–H and O–H groups in total. The first kappa shape index (κ1) is 27.3. The predicted molar refractivity (Wildman–Crippen MR) is 157 cm³/mol. The molecule has 2 aromatic heterocycles. The second-order valence-electron chi connectivity index (χ2n) is 9.38. The molecule has 0 radical (unpaired) electrons. The molecule has 5 rings (SSSR count). The lowest BCUT2D eigenvalue weighted by atomic mass is 9.96. The van der Waals surface area contributed by atoms with Crippen molar-refractivity contribution in [2.45, 2.75) is 54.7 Å². The Hall–Kier alpha value is -3.27. The maximum Gasteiger partial charge on any atom is 0.338 e. The normalized spacial score (nSPS) is 15.4. The Bertz CT molecular complexity index is 1730. The lowest BCUT2D eigenvalue weighted by Gasteiger charge is -2.25. The summed E-state index contributed by atoms with van der Waals surface area (Å²) in [6.07, 6.45) is 3.45. The largest absolute Gasteiger partial charge is 0.459 e. The molecule has 3 heterocycles. The molecular weight excluding hydrogens is 549 g/mol. The number of ether oxygens (including phenoxy) is 1. The molecule has 0 saturated carbocycles. The number of hydrogen-bond donors (Lipinski definition) is 0. The van der Waals surface area contributed by atoms with E-state index in [9.17, 15) is 9.59 Å². The Labute approximate surface area is 239 Å². The van der Waals surface area contributed by atoms with E-state index in [4.69, 9.17) is 9.15 Å². The molecule has 0 unspecified atom stereocenters. The van der Waals surface area contributed by atoms with Crippen LogP contribution in [-0.2, 0) is 9.53 Å². The molecule has 0 spiro atoms. The van der Waals surface area contributed by atoms with Crippen molar-refractivity contribution in [1.82, 2.24) is 4.57 Å². The molecule has 2 aromatic carbocycles. The average molecular weight is 577 g/mol. The van der Waals surface area contributed by atoms with Crippen LogP contribution in [0.1, 0.15) is 43.7 Å². The van der Waals surface area contributed by atoms with Gasteiger partial charge in [0.15, 0.2) is 9.89 Å². The number of carbonyl (C=O) groups excluding carboxylic acids is 1. The summed E-state index contributed by atoms with van der Waals surface area (Å²) < 4.78 is 13.7. The maximum absolute atomic E-state index is 13.8. The smallest absolute Gasteiger partial charge is 0.338 e. The van der Waals surface area contributed by atoms with Gasteiger partial charge >= 0.3 is 5.97 Å². The number of furan rings is 1. The van der Waals surface area contributed by atoms with Crippen LogP contribution >= 0.6 is 34.9 Å². The minimum absolute atomic E-state index is 0.232. The Balaban J connectivity index is 1.56. The molecule has 6 nitrogen and oxygen atoms in total. The first-order valence-corrected chi connectivity index (χ1v) is 15.3. The van der Waals surface area contributed by atoms with Gasteiger partial charge in [-0.2, -0.15) is 0 Å². The van der Waals surface area contributed by atoms with Crippen LogP contribution in [0.15, 0.2) is 101 Å². The summed E-state index contributed by atoms with van der Waals surface area (Å²) in [4.78, 5) is 34.4. The quantitative estimate of drug-likeness (QED) is 0.200. The molecule has 0 aliphatic carbocycles. The van der Waals surface area contributed by atoms with Gasteiger partial charge in [-0.05, 0) is 75.9 Å². The van der Waals surface area contributed by atoms with Gasteiger partial charge in [-0.25, -0.2) is 9.79 Å². The summed E-state index contributed by atoms with van der Waals surface area (Å²) in [5.41, 5.74) is 2.70. The van der Waals surface area contributed by atoms with Crippen molar-refractivity contribution in [1.29, 1.82) is 0 Å². The number of thioether (sulfide) groups is 1. The molecule has 1 aliphatic heterocycles. The van der Waals surface area contributed by atoms with E-state index in [-0.39, 0.29) is 11.7 Å². The second kappa shape index (κ2) is 11.5. The SMILES string of the molecule is CSc1ccc([C@H]2C(C(=O)OC(C)C)=C(C)N=c3s/c(=C\c4ccc(Sc5ccc(C)cc5)o4)c(=O)n32)cc1.